The van der Waals surface area contributed by atoms with Gasteiger partial charge in [0.05, 0.1) is 20.8 Å². The summed E-state index contributed by atoms with van der Waals surface area (Å²) in [7, 11) is 3.19. The zero-order chi connectivity index (χ0) is 20.1. The Morgan fingerprint density at radius 2 is 1.64 bits per heavy atom. The number of carbonyl (C=O) groups is 1. The van der Waals surface area contributed by atoms with E-state index < -0.39 is 0 Å². The van der Waals surface area contributed by atoms with E-state index in [9.17, 15) is 4.79 Å². The molecule has 1 amide bonds. The van der Waals surface area contributed by atoms with Crippen LogP contribution < -0.4 is 19.7 Å². The van der Waals surface area contributed by atoms with Gasteiger partial charge in [-0.25, -0.2) is 0 Å². The topological polar surface area (TPSA) is 54.0 Å². The van der Waals surface area contributed by atoms with Crippen molar-refractivity contribution in [1.29, 1.82) is 0 Å². The van der Waals surface area contributed by atoms with Crippen molar-refractivity contribution in [2.24, 2.45) is 0 Å². The van der Waals surface area contributed by atoms with E-state index in [0.717, 1.165) is 26.2 Å². The average molecular weight is 383 g/mol. The van der Waals surface area contributed by atoms with Crippen LogP contribution in [0.4, 0.5) is 11.4 Å². The molecule has 0 bridgehead atoms. The lowest BCUT2D eigenvalue weighted by Gasteiger charge is -2.36. The van der Waals surface area contributed by atoms with E-state index in [1.54, 1.807) is 32.4 Å². The predicted octanol–water partition coefficient (Wildman–Crippen LogP) is 3.08. The van der Waals surface area contributed by atoms with Gasteiger partial charge in [-0.05, 0) is 31.0 Å². The normalized spacial score (nSPS) is 14.6. The van der Waals surface area contributed by atoms with Crippen LogP contribution >= 0.6 is 0 Å². The molecular formula is C22H29N3O3. The van der Waals surface area contributed by atoms with Gasteiger partial charge in [-0.2, -0.15) is 0 Å². The molecule has 3 rings (SSSR count). The molecule has 6 nitrogen and oxygen atoms in total. The van der Waals surface area contributed by atoms with E-state index in [1.165, 1.54) is 16.8 Å². The van der Waals surface area contributed by atoms with Crippen LogP contribution in [0.2, 0.25) is 0 Å². The highest BCUT2D eigenvalue weighted by Gasteiger charge is 2.20. The number of hydrogen-bond donors (Lipinski definition) is 1. The van der Waals surface area contributed by atoms with Crippen molar-refractivity contribution in [2.75, 3.05) is 57.2 Å². The number of piperazine rings is 1. The van der Waals surface area contributed by atoms with Crippen LogP contribution in [0, 0.1) is 13.8 Å². The molecular weight excluding hydrogens is 354 g/mol. The zero-order valence-electron chi connectivity index (χ0n) is 17.1. The summed E-state index contributed by atoms with van der Waals surface area (Å²) in [5.41, 5.74) is 4.62. The third-order valence-corrected chi connectivity index (χ3v) is 5.29. The number of amides is 1. The molecule has 2 aromatic rings. The second-order valence-electron chi connectivity index (χ2n) is 7.13. The summed E-state index contributed by atoms with van der Waals surface area (Å²) in [6.07, 6.45) is 0. The molecule has 150 valence electrons. The summed E-state index contributed by atoms with van der Waals surface area (Å²) in [6, 6.07) is 11.8. The van der Waals surface area contributed by atoms with Crippen molar-refractivity contribution in [1.82, 2.24) is 4.90 Å². The van der Waals surface area contributed by atoms with Gasteiger partial charge in [-0.1, -0.05) is 12.1 Å². The fourth-order valence-electron chi connectivity index (χ4n) is 3.51. The first-order chi connectivity index (χ1) is 13.5. The maximum atomic E-state index is 12.5. The minimum atomic E-state index is -0.0320. The zero-order valence-corrected chi connectivity index (χ0v) is 17.1. The largest absolute Gasteiger partial charge is 0.497 e. The van der Waals surface area contributed by atoms with Gasteiger partial charge < -0.3 is 19.7 Å². The molecule has 0 saturated carbocycles. The van der Waals surface area contributed by atoms with E-state index in [1.807, 2.05) is 0 Å². The fourth-order valence-corrected chi connectivity index (χ4v) is 3.51. The van der Waals surface area contributed by atoms with Crippen LogP contribution in [0.15, 0.2) is 36.4 Å². The number of hydrogen-bond acceptors (Lipinski definition) is 5. The third kappa shape index (κ3) is 4.75. The molecule has 2 aromatic carbocycles. The van der Waals surface area contributed by atoms with Crippen LogP contribution in [0.3, 0.4) is 0 Å². The van der Waals surface area contributed by atoms with Gasteiger partial charge in [0.15, 0.2) is 0 Å². The van der Waals surface area contributed by atoms with Crippen molar-refractivity contribution >= 4 is 17.3 Å². The Hall–Kier alpha value is -2.73. The molecule has 0 unspecified atom stereocenters. The molecule has 1 fully saturated rings. The first-order valence-corrected chi connectivity index (χ1v) is 9.56. The Morgan fingerprint density at radius 1 is 1.00 bits per heavy atom. The standard InChI is InChI=1S/C22H29N3O3/c1-16-6-5-7-21(17(16)2)25-10-8-24(9-11-25)15-22(26)23-18-12-19(27-3)14-20(13-18)28-4/h5-7,12-14H,8-11,15H2,1-4H3,(H,23,26). The first-order valence-electron chi connectivity index (χ1n) is 9.56. The highest BCUT2D eigenvalue weighted by Crippen LogP contribution is 2.26. The summed E-state index contributed by atoms with van der Waals surface area (Å²) in [6.45, 7) is 8.26. The highest BCUT2D eigenvalue weighted by molar-refractivity contribution is 5.92. The van der Waals surface area contributed by atoms with E-state index in [0.29, 0.717) is 23.7 Å². The Labute approximate surface area is 167 Å². The molecule has 0 aliphatic carbocycles. The smallest absolute Gasteiger partial charge is 0.238 e. The van der Waals surface area contributed by atoms with Crippen molar-refractivity contribution in [3.05, 3.63) is 47.5 Å². The molecule has 1 aliphatic rings. The molecule has 1 N–H and O–H groups in total. The number of methoxy groups -OCH3 is 2. The maximum absolute atomic E-state index is 12.5. The van der Waals surface area contributed by atoms with Crippen LogP contribution in [-0.2, 0) is 4.79 Å². The van der Waals surface area contributed by atoms with Gasteiger partial charge in [0, 0.05) is 55.8 Å². The Balaban J connectivity index is 1.55. The number of benzene rings is 2. The Morgan fingerprint density at radius 3 is 2.25 bits per heavy atom. The summed E-state index contributed by atoms with van der Waals surface area (Å²) >= 11 is 0. The molecule has 0 aromatic heterocycles. The van der Waals surface area contributed by atoms with Gasteiger partial charge in [-0.15, -0.1) is 0 Å². The minimum absolute atomic E-state index is 0.0320. The van der Waals surface area contributed by atoms with Crippen LogP contribution in [0.25, 0.3) is 0 Å². The van der Waals surface area contributed by atoms with E-state index in [-0.39, 0.29) is 5.91 Å². The highest BCUT2D eigenvalue weighted by atomic mass is 16.5. The first kappa shape index (κ1) is 20.0. The number of anilines is 2. The number of rotatable bonds is 6. The molecule has 0 atom stereocenters. The fraction of sp³-hybridized carbons (Fsp3) is 0.409. The number of carbonyl (C=O) groups excluding carboxylic acids is 1. The lowest BCUT2D eigenvalue weighted by molar-refractivity contribution is -0.117. The lowest BCUT2D eigenvalue weighted by Crippen LogP contribution is -2.48. The van der Waals surface area contributed by atoms with Gasteiger partial charge >= 0.3 is 0 Å². The predicted molar refractivity (Wildman–Crippen MR) is 113 cm³/mol. The molecule has 28 heavy (non-hydrogen) atoms. The summed E-state index contributed by atoms with van der Waals surface area (Å²) < 4.78 is 10.5. The van der Waals surface area contributed by atoms with E-state index >= 15 is 0 Å². The lowest BCUT2D eigenvalue weighted by atomic mass is 10.1. The Bertz CT molecular complexity index is 808. The van der Waals surface area contributed by atoms with Gasteiger partial charge in [0.1, 0.15) is 11.5 Å². The van der Waals surface area contributed by atoms with Crippen LogP contribution in [0.1, 0.15) is 11.1 Å². The minimum Gasteiger partial charge on any atom is -0.497 e. The molecule has 1 heterocycles. The number of nitrogens with one attached hydrogen (secondary N) is 1. The second-order valence-corrected chi connectivity index (χ2v) is 7.13. The maximum Gasteiger partial charge on any atom is 0.238 e. The average Bonchev–Trinajstić information content (AvgIpc) is 2.70. The van der Waals surface area contributed by atoms with Gasteiger partial charge in [0.2, 0.25) is 5.91 Å². The van der Waals surface area contributed by atoms with Gasteiger partial charge in [-0.3, -0.25) is 9.69 Å². The number of ether oxygens (including phenoxy) is 2. The van der Waals surface area contributed by atoms with Crippen LogP contribution in [0.5, 0.6) is 11.5 Å². The molecule has 1 saturated heterocycles. The molecule has 1 aliphatic heterocycles. The summed E-state index contributed by atoms with van der Waals surface area (Å²) in [5.74, 6) is 1.27. The summed E-state index contributed by atoms with van der Waals surface area (Å²) in [4.78, 5) is 17.1. The van der Waals surface area contributed by atoms with Crippen LogP contribution in [-0.4, -0.2) is 57.8 Å². The monoisotopic (exact) mass is 383 g/mol. The molecule has 0 spiro atoms. The quantitative estimate of drug-likeness (QED) is 0.831. The Kier molecular flexibility index (Phi) is 6.41. The third-order valence-electron chi connectivity index (χ3n) is 5.29. The van der Waals surface area contributed by atoms with Crippen molar-refractivity contribution in [3.8, 4) is 11.5 Å². The SMILES string of the molecule is COc1cc(NC(=O)CN2CCN(c3cccc(C)c3C)CC2)cc(OC)c1. The van der Waals surface area contributed by atoms with Crippen molar-refractivity contribution in [2.45, 2.75) is 13.8 Å². The number of nitrogens with zero attached hydrogens (tertiary/aromatic N) is 2. The second kappa shape index (κ2) is 8.97. The van der Waals surface area contributed by atoms with Crippen molar-refractivity contribution in [3.63, 3.8) is 0 Å². The van der Waals surface area contributed by atoms with Crippen molar-refractivity contribution < 1.29 is 14.3 Å². The molecule has 6 heteroatoms. The van der Waals surface area contributed by atoms with Gasteiger partial charge in [0.25, 0.3) is 0 Å². The number of aryl methyl sites for hydroxylation is 1. The summed E-state index contributed by atoms with van der Waals surface area (Å²) in [5, 5.41) is 2.94. The molecule has 0 radical (unpaired) electrons. The van der Waals surface area contributed by atoms with E-state index in [4.69, 9.17) is 9.47 Å². The van der Waals surface area contributed by atoms with E-state index in [2.05, 4.69) is 47.2 Å².